The van der Waals surface area contributed by atoms with Gasteiger partial charge in [0.05, 0.1) is 35.4 Å². The second-order valence-corrected chi connectivity index (χ2v) is 21.3. The molecule has 0 radical (unpaired) electrons. The van der Waals surface area contributed by atoms with Crippen LogP contribution in [0.3, 0.4) is 0 Å². The van der Waals surface area contributed by atoms with Gasteiger partial charge >= 0.3 is 0 Å². The zero-order valence-electron chi connectivity index (χ0n) is 29.3. The van der Waals surface area contributed by atoms with Gasteiger partial charge < -0.3 is 30.2 Å². The number of aromatic amines is 1. The van der Waals surface area contributed by atoms with E-state index in [1.807, 2.05) is 59.4 Å². The first-order valence-corrected chi connectivity index (χ1v) is 20.1. The minimum absolute atomic E-state index is 0.161. The van der Waals surface area contributed by atoms with Gasteiger partial charge in [0.15, 0.2) is 11.3 Å². The topological polar surface area (TPSA) is 170 Å². The van der Waals surface area contributed by atoms with Crippen LogP contribution in [-0.4, -0.2) is 76.8 Å². The van der Waals surface area contributed by atoms with Crippen molar-refractivity contribution >= 4 is 69.7 Å². The third-order valence-electron chi connectivity index (χ3n) is 6.59. The highest BCUT2D eigenvalue weighted by Gasteiger charge is 2.23. The molecule has 5 heterocycles. The Morgan fingerprint density at radius 2 is 1.58 bits per heavy atom. The van der Waals surface area contributed by atoms with Crippen molar-refractivity contribution in [1.29, 1.82) is 0 Å². The summed E-state index contributed by atoms with van der Waals surface area (Å²) in [6.07, 6.45) is 10.2. The van der Waals surface area contributed by atoms with Gasteiger partial charge in [-0.3, -0.25) is 14.3 Å². The second kappa shape index (κ2) is 14.5. The Labute approximate surface area is 290 Å². The first-order chi connectivity index (χ1) is 22.3. The monoisotopic (exact) mass is 739 g/mol. The van der Waals surface area contributed by atoms with Crippen LogP contribution in [0.4, 0.5) is 11.5 Å². The zero-order valence-corrected chi connectivity index (χ0v) is 31.9. The molecule has 14 nitrogen and oxygen atoms in total. The molecule has 48 heavy (non-hydrogen) atoms. The van der Waals surface area contributed by atoms with E-state index in [0.717, 1.165) is 11.7 Å². The number of nitrogens with zero attached hydrogens (tertiary/aromatic N) is 7. The molecule has 4 N–H and O–H groups in total. The average molecular weight is 741 g/mol. The van der Waals surface area contributed by atoms with Crippen molar-refractivity contribution in [2.75, 3.05) is 11.9 Å². The van der Waals surface area contributed by atoms with Crippen LogP contribution in [0.15, 0.2) is 41.8 Å². The van der Waals surface area contributed by atoms with Gasteiger partial charge in [-0.05, 0) is 63.5 Å². The van der Waals surface area contributed by atoms with Gasteiger partial charge in [-0.25, -0.2) is 19.9 Å². The van der Waals surface area contributed by atoms with E-state index in [4.69, 9.17) is 4.74 Å². The lowest BCUT2D eigenvalue weighted by Crippen LogP contribution is -2.40. The van der Waals surface area contributed by atoms with Crippen molar-refractivity contribution in [3.05, 3.63) is 52.9 Å². The highest BCUT2D eigenvalue weighted by molar-refractivity contribution is 9.10. The highest BCUT2D eigenvalue weighted by atomic mass is 79.9. The number of carbonyl (C=O) groups excluding carboxylic acids is 2. The van der Waals surface area contributed by atoms with Crippen LogP contribution in [0, 0.1) is 0 Å². The largest absolute Gasteiger partial charge is 0.361 e. The predicted octanol–water partition coefficient (Wildman–Crippen LogP) is 6.00. The van der Waals surface area contributed by atoms with E-state index in [1.54, 1.807) is 35.7 Å². The molecule has 0 bridgehead atoms. The molecular weight excluding hydrogens is 694 g/mol. The second-order valence-electron chi connectivity index (χ2n) is 14.8. The third kappa shape index (κ3) is 10.4. The fourth-order valence-electron chi connectivity index (χ4n) is 4.41. The van der Waals surface area contributed by atoms with E-state index in [0.29, 0.717) is 57.2 Å². The Hall–Kier alpha value is -4.15. The Balaban J connectivity index is 0.000000217. The normalized spacial score (nSPS) is 12.1. The summed E-state index contributed by atoms with van der Waals surface area (Å²) in [5.74, 6) is 0.206. The number of amides is 2. The van der Waals surface area contributed by atoms with Gasteiger partial charge in [0.25, 0.3) is 11.8 Å². The maximum atomic E-state index is 12.6. The van der Waals surface area contributed by atoms with Gasteiger partial charge in [-0.2, -0.15) is 5.10 Å². The van der Waals surface area contributed by atoms with Crippen molar-refractivity contribution < 1.29 is 14.3 Å². The van der Waals surface area contributed by atoms with Crippen molar-refractivity contribution in [3.8, 4) is 0 Å². The van der Waals surface area contributed by atoms with Crippen LogP contribution < -0.4 is 16.0 Å². The first kappa shape index (κ1) is 36.7. The average Bonchev–Trinajstić information content (AvgIpc) is 3.65. The maximum absolute atomic E-state index is 12.6. The zero-order chi connectivity index (χ0) is 35.4. The van der Waals surface area contributed by atoms with E-state index in [-0.39, 0.29) is 22.9 Å². The molecule has 2 amide bonds. The molecule has 16 heteroatoms. The minimum atomic E-state index is -1.13. The van der Waals surface area contributed by atoms with Crippen molar-refractivity contribution in [1.82, 2.24) is 49.9 Å². The molecule has 5 rings (SSSR count). The summed E-state index contributed by atoms with van der Waals surface area (Å²) in [4.78, 5) is 45.6. The third-order valence-corrected chi connectivity index (χ3v) is 8.67. The molecule has 5 aromatic heterocycles. The number of halogens is 1. The number of aromatic nitrogens is 8. The number of carbonyl (C=O) groups is 2. The Bertz CT molecular complexity index is 1900. The summed E-state index contributed by atoms with van der Waals surface area (Å²) in [5, 5.41) is 13.1. The lowest BCUT2D eigenvalue weighted by atomic mass is 10.1. The SMILES string of the molecule is CC(C)(C)NC(=O)c1cn(COCC[Si](C)(C)C)c2ncc(Br)nc12.Cn1cc(Nc2cnc3[nH]cc(C(=O)NC(C)(C)C)c3n2)cn1. The number of nitrogens with one attached hydrogen (secondary N) is 4. The fraction of sp³-hybridized carbons (Fsp3) is 0.469. The first-order valence-electron chi connectivity index (χ1n) is 15.6. The number of fused-ring (bicyclic) bond motifs is 2. The van der Waals surface area contributed by atoms with E-state index in [9.17, 15) is 9.59 Å². The summed E-state index contributed by atoms with van der Waals surface area (Å²) in [5.41, 5.74) is 3.46. The number of rotatable bonds is 9. The van der Waals surface area contributed by atoms with Gasteiger partial charge in [0, 0.05) is 51.4 Å². The predicted molar refractivity (Wildman–Crippen MR) is 194 cm³/mol. The molecule has 0 aliphatic heterocycles. The summed E-state index contributed by atoms with van der Waals surface area (Å²) < 4.78 is 9.94. The van der Waals surface area contributed by atoms with E-state index in [1.165, 1.54) is 0 Å². The van der Waals surface area contributed by atoms with Crippen LogP contribution in [0.1, 0.15) is 62.3 Å². The Kier molecular flexibility index (Phi) is 11.1. The summed E-state index contributed by atoms with van der Waals surface area (Å²) in [7, 11) is 0.706. The highest BCUT2D eigenvalue weighted by Crippen LogP contribution is 2.22. The summed E-state index contributed by atoms with van der Waals surface area (Å²) in [6.45, 7) is 19.7. The molecule has 0 saturated heterocycles. The smallest absolute Gasteiger partial charge is 0.255 e. The van der Waals surface area contributed by atoms with Crippen molar-refractivity contribution in [2.45, 2.75) is 85.0 Å². The van der Waals surface area contributed by atoms with Gasteiger partial charge in [0.1, 0.15) is 28.2 Å². The maximum Gasteiger partial charge on any atom is 0.255 e. The molecule has 5 aromatic rings. The Morgan fingerprint density at radius 1 is 0.917 bits per heavy atom. The molecule has 0 aliphatic rings. The quantitative estimate of drug-likeness (QED) is 0.105. The molecule has 0 aliphatic carbocycles. The molecule has 0 spiro atoms. The summed E-state index contributed by atoms with van der Waals surface area (Å²) >= 11 is 3.33. The number of H-pyrrole nitrogens is 1. The summed E-state index contributed by atoms with van der Waals surface area (Å²) in [6, 6.07) is 1.10. The van der Waals surface area contributed by atoms with Crippen molar-refractivity contribution in [3.63, 3.8) is 0 Å². The van der Waals surface area contributed by atoms with E-state index >= 15 is 0 Å². The minimum Gasteiger partial charge on any atom is -0.361 e. The van der Waals surface area contributed by atoms with Crippen molar-refractivity contribution in [2.24, 2.45) is 7.05 Å². The van der Waals surface area contributed by atoms with Gasteiger partial charge in [0.2, 0.25) is 0 Å². The van der Waals surface area contributed by atoms with E-state index in [2.05, 4.69) is 81.5 Å². The van der Waals surface area contributed by atoms with Crippen LogP contribution in [0.25, 0.3) is 22.3 Å². The number of ether oxygens (including phenoxy) is 1. The van der Waals surface area contributed by atoms with Gasteiger partial charge in [-0.15, -0.1) is 0 Å². The lowest BCUT2D eigenvalue weighted by Gasteiger charge is -2.20. The van der Waals surface area contributed by atoms with E-state index < -0.39 is 8.07 Å². The molecular formula is C32H46BrN11O3Si. The number of hydrogen-bond donors (Lipinski definition) is 4. The van der Waals surface area contributed by atoms with Crippen LogP contribution in [-0.2, 0) is 18.5 Å². The standard InChI is InChI=1S/C17H27BrN4O2Si.C15H19N7O/c1-17(2,3)21-16(23)12-10-22(11-24-7-8-25(4,5)6)15-14(12)20-13(18)9-19-15;1-15(2,3)21-14(23)10-6-16-13-12(10)20-11(7-17-13)19-9-5-18-22(4)8-9/h9-10H,7-8,11H2,1-6H3,(H,21,23);5-8H,1-4H3,(H,16,17)(H,19,20)(H,21,23). The molecule has 258 valence electrons. The van der Waals surface area contributed by atoms with Gasteiger partial charge in [-0.1, -0.05) is 19.6 Å². The Morgan fingerprint density at radius 3 is 2.19 bits per heavy atom. The van der Waals surface area contributed by atoms with Crippen LogP contribution in [0.5, 0.6) is 0 Å². The molecule has 0 unspecified atom stereocenters. The molecule has 0 aromatic carbocycles. The fourth-order valence-corrected chi connectivity index (χ4v) is 5.45. The van der Waals surface area contributed by atoms with Crippen LogP contribution >= 0.6 is 15.9 Å². The molecule has 0 fully saturated rings. The number of hydrogen-bond acceptors (Lipinski definition) is 9. The molecule has 0 saturated carbocycles. The number of anilines is 2. The molecule has 0 atom stereocenters. The number of aryl methyl sites for hydroxylation is 1. The lowest BCUT2D eigenvalue weighted by molar-refractivity contribution is 0.0884. The van der Waals surface area contributed by atoms with Crippen LogP contribution in [0.2, 0.25) is 25.7 Å².